The number of hydrogen-bond acceptors (Lipinski definition) is 4. The molecule has 1 aliphatic rings. The van der Waals surface area contributed by atoms with Crippen molar-refractivity contribution in [3.05, 3.63) is 35.1 Å². The number of aliphatic carboxylic acids is 1. The Kier molecular flexibility index (Phi) is 7.35. The Morgan fingerprint density at radius 3 is 2.68 bits per heavy atom. The van der Waals surface area contributed by atoms with E-state index in [9.17, 15) is 14.3 Å². The maximum Gasteiger partial charge on any atom is 0.325 e. The van der Waals surface area contributed by atoms with Gasteiger partial charge in [-0.25, -0.2) is 4.39 Å². The van der Waals surface area contributed by atoms with Crippen LogP contribution in [0, 0.1) is 18.7 Å². The second-order valence-electron chi connectivity index (χ2n) is 6.97. The van der Waals surface area contributed by atoms with E-state index in [0.29, 0.717) is 17.0 Å². The van der Waals surface area contributed by atoms with Gasteiger partial charge in [0.15, 0.2) is 0 Å². The molecule has 0 unspecified atom stereocenters. The van der Waals surface area contributed by atoms with E-state index in [0.717, 1.165) is 45.6 Å². The molecule has 1 fully saturated rings. The zero-order chi connectivity index (χ0) is 18.4. The molecular weight excluding hydrogens is 323 g/mol. The molecule has 1 atom stereocenters. The Labute approximate surface area is 149 Å². The van der Waals surface area contributed by atoms with Crippen LogP contribution in [-0.4, -0.2) is 67.8 Å². The van der Waals surface area contributed by atoms with E-state index in [-0.39, 0.29) is 5.82 Å². The molecule has 5 nitrogen and oxygen atoms in total. The lowest BCUT2D eigenvalue weighted by Gasteiger charge is -2.35. The van der Waals surface area contributed by atoms with Crippen molar-refractivity contribution in [2.45, 2.75) is 25.8 Å². The summed E-state index contributed by atoms with van der Waals surface area (Å²) in [4.78, 5) is 16.1. The lowest BCUT2D eigenvalue weighted by molar-refractivity contribution is -0.143. The molecule has 1 N–H and O–H groups in total. The number of carboxylic acid groups (broad SMARTS) is 1. The number of aryl methyl sites for hydroxylation is 1. The summed E-state index contributed by atoms with van der Waals surface area (Å²) < 4.78 is 18.6. The molecule has 0 aliphatic carbocycles. The average molecular weight is 352 g/mol. The lowest BCUT2D eigenvalue weighted by Crippen LogP contribution is -2.41. The molecule has 6 heteroatoms. The van der Waals surface area contributed by atoms with Crippen LogP contribution in [0.15, 0.2) is 18.2 Å². The number of carbonyl (C=O) groups is 1. The van der Waals surface area contributed by atoms with Gasteiger partial charge in [-0.15, -0.1) is 0 Å². The van der Waals surface area contributed by atoms with Crippen LogP contribution in [0.5, 0.6) is 0 Å². The molecule has 1 aromatic rings. The number of nitrogens with zero attached hydrogens (tertiary/aromatic N) is 2. The van der Waals surface area contributed by atoms with Crippen LogP contribution in [0.1, 0.15) is 30.0 Å². The van der Waals surface area contributed by atoms with Crippen molar-refractivity contribution in [2.24, 2.45) is 5.92 Å². The highest BCUT2D eigenvalue weighted by Gasteiger charge is 2.28. The Hall–Kier alpha value is -1.50. The van der Waals surface area contributed by atoms with Crippen LogP contribution in [0.3, 0.4) is 0 Å². The molecule has 140 valence electrons. The van der Waals surface area contributed by atoms with Gasteiger partial charge < -0.3 is 14.7 Å². The summed E-state index contributed by atoms with van der Waals surface area (Å²) in [5.74, 6) is -0.725. The molecule has 1 aromatic carbocycles. The summed E-state index contributed by atoms with van der Waals surface area (Å²) in [6, 6.07) is 3.82. The van der Waals surface area contributed by atoms with Crippen LogP contribution >= 0.6 is 0 Å². The minimum atomic E-state index is -0.897. The van der Waals surface area contributed by atoms with E-state index in [1.54, 1.807) is 26.2 Å². The smallest absolute Gasteiger partial charge is 0.325 e. The minimum absolute atomic E-state index is 0.307. The fraction of sp³-hybridized carbons (Fsp3) is 0.632. The molecular formula is C19H29FN2O3. The number of benzene rings is 1. The summed E-state index contributed by atoms with van der Waals surface area (Å²) in [6.45, 7) is 6.13. The van der Waals surface area contributed by atoms with Gasteiger partial charge in [0.25, 0.3) is 0 Å². The third-order valence-corrected chi connectivity index (χ3v) is 5.04. The Balaban J connectivity index is 1.96. The third-order valence-electron chi connectivity index (χ3n) is 5.04. The normalized spacial score (nSPS) is 17.8. The number of rotatable bonds is 8. The molecule has 1 saturated heterocycles. The largest absolute Gasteiger partial charge is 0.480 e. The zero-order valence-electron chi connectivity index (χ0n) is 15.4. The van der Waals surface area contributed by atoms with Crippen LogP contribution in [0.4, 0.5) is 4.39 Å². The molecule has 25 heavy (non-hydrogen) atoms. The standard InChI is InChI=1S/C19H29FN2O3/c1-14-12-16(4-5-17(14)20)18(19(23)24)21(2)13-15-6-8-22(9-7-15)10-11-25-3/h4-5,12,15,18H,6-11,13H2,1-3H3,(H,23,24)/t18-/m0/s1. The monoisotopic (exact) mass is 352 g/mol. The Bertz CT molecular complexity index is 574. The van der Waals surface area contributed by atoms with Gasteiger partial charge in [0, 0.05) is 20.2 Å². The van der Waals surface area contributed by atoms with Crippen LogP contribution in [0.2, 0.25) is 0 Å². The lowest BCUT2D eigenvalue weighted by atomic mass is 9.94. The first kappa shape index (κ1) is 19.8. The van der Waals surface area contributed by atoms with E-state index in [1.165, 1.54) is 6.07 Å². The number of carboxylic acids is 1. The van der Waals surface area contributed by atoms with Gasteiger partial charge in [-0.3, -0.25) is 9.69 Å². The number of ether oxygens (including phenoxy) is 1. The van der Waals surface area contributed by atoms with E-state index in [4.69, 9.17) is 4.74 Å². The Morgan fingerprint density at radius 2 is 2.12 bits per heavy atom. The number of likely N-dealkylation sites (N-methyl/N-ethyl adjacent to an activating group) is 1. The molecule has 0 amide bonds. The molecule has 1 aliphatic heterocycles. The Morgan fingerprint density at radius 1 is 1.44 bits per heavy atom. The van der Waals surface area contributed by atoms with Gasteiger partial charge in [-0.2, -0.15) is 0 Å². The molecule has 0 radical (unpaired) electrons. The van der Waals surface area contributed by atoms with Crippen LogP contribution < -0.4 is 0 Å². The molecule has 0 spiro atoms. The maximum atomic E-state index is 13.5. The van der Waals surface area contributed by atoms with Crippen molar-refractivity contribution in [1.82, 2.24) is 9.80 Å². The molecule has 0 bridgehead atoms. The molecule has 1 heterocycles. The van der Waals surface area contributed by atoms with E-state index in [1.807, 2.05) is 11.9 Å². The highest BCUT2D eigenvalue weighted by molar-refractivity contribution is 5.75. The van der Waals surface area contributed by atoms with Crippen molar-refractivity contribution in [2.75, 3.05) is 46.9 Å². The molecule has 2 rings (SSSR count). The van der Waals surface area contributed by atoms with Gasteiger partial charge in [0.1, 0.15) is 11.9 Å². The summed E-state index contributed by atoms with van der Waals surface area (Å²) in [7, 11) is 3.56. The fourth-order valence-corrected chi connectivity index (χ4v) is 3.55. The van der Waals surface area contributed by atoms with Gasteiger partial charge in [-0.1, -0.05) is 12.1 Å². The van der Waals surface area contributed by atoms with E-state index in [2.05, 4.69) is 4.90 Å². The van der Waals surface area contributed by atoms with Gasteiger partial charge in [0.05, 0.1) is 6.61 Å². The molecule has 0 saturated carbocycles. The number of methoxy groups -OCH3 is 1. The van der Waals surface area contributed by atoms with Crippen molar-refractivity contribution >= 4 is 5.97 Å². The summed E-state index contributed by atoms with van der Waals surface area (Å²) in [6.07, 6.45) is 2.12. The van der Waals surface area contributed by atoms with Gasteiger partial charge >= 0.3 is 5.97 Å². The second kappa shape index (κ2) is 9.27. The van der Waals surface area contributed by atoms with Crippen molar-refractivity contribution in [3.63, 3.8) is 0 Å². The SMILES string of the molecule is COCCN1CCC(CN(C)[C@H](C(=O)O)c2ccc(F)c(C)c2)CC1. The second-order valence-corrected chi connectivity index (χ2v) is 6.97. The first-order chi connectivity index (χ1) is 11.9. The van der Waals surface area contributed by atoms with E-state index < -0.39 is 12.0 Å². The minimum Gasteiger partial charge on any atom is -0.480 e. The van der Waals surface area contributed by atoms with Crippen LogP contribution in [0.25, 0.3) is 0 Å². The topological polar surface area (TPSA) is 53.0 Å². The summed E-state index contributed by atoms with van der Waals surface area (Å²) in [5, 5.41) is 9.67. The van der Waals surface area contributed by atoms with E-state index >= 15 is 0 Å². The number of piperidine rings is 1. The number of hydrogen-bond donors (Lipinski definition) is 1. The highest BCUT2D eigenvalue weighted by Crippen LogP contribution is 2.25. The summed E-state index contributed by atoms with van der Waals surface area (Å²) >= 11 is 0. The predicted molar refractivity (Wildman–Crippen MR) is 95.2 cm³/mol. The number of halogens is 1. The first-order valence-electron chi connectivity index (χ1n) is 8.82. The quantitative estimate of drug-likeness (QED) is 0.779. The molecule has 0 aromatic heterocycles. The highest BCUT2D eigenvalue weighted by atomic mass is 19.1. The third kappa shape index (κ3) is 5.49. The van der Waals surface area contributed by atoms with Crippen molar-refractivity contribution in [1.29, 1.82) is 0 Å². The summed E-state index contributed by atoms with van der Waals surface area (Å²) in [5.41, 5.74) is 1.11. The average Bonchev–Trinajstić information content (AvgIpc) is 2.57. The fourth-order valence-electron chi connectivity index (χ4n) is 3.55. The van der Waals surface area contributed by atoms with Gasteiger partial charge in [-0.05, 0) is 63.0 Å². The predicted octanol–water partition coefficient (Wildman–Crippen LogP) is 2.55. The number of likely N-dealkylation sites (tertiary alicyclic amines) is 1. The van der Waals surface area contributed by atoms with Crippen molar-refractivity contribution in [3.8, 4) is 0 Å². The van der Waals surface area contributed by atoms with Gasteiger partial charge in [0.2, 0.25) is 0 Å². The zero-order valence-corrected chi connectivity index (χ0v) is 15.4. The maximum absolute atomic E-state index is 13.5. The first-order valence-corrected chi connectivity index (χ1v) is 8.82. The van der Waals surface area contributed by atoms with Crippen molar-refractivity contribution < 1.29 is 19.0 Å². The van der Waals surface area contributed by atoms with Crippen LogP contribution in [-0.2, 0) is 9.53 Å².